The molecular formula is C24H33N3O3. The van der Waals surface area contributed by atoms with Crippen LogP contribution in [-0.4, -0.2) is 36.3 Å². The third-order valence-corrected chi connectivity index (χ3v) is 5.46. The molecule has 6 nitrogen and oxygen atoms in total. The van der Waals surface area contributed by atoms with Gasteiger partial charge in [-0.2, -0.15) is 0 Å². The summed E-state index contributed by atoms with van der Waals surface area (Å²) in [4.78, 5) is 29.7. The van der Waals surface area contributed by atoms with Gasteiger partial charge in [0.1, 0.15) is 5.76 Å². The molecule has 1 N–H and O–H groups in total. The van der Waals surface area contributed by atoms with E-state index in [4.69, 9.17) is 4.42 Å². The van der Waals surface area contributed by atoms with Crippen LogP contribution >= 0.6 is 0 Å². The summed E-state index contributed by atoms with van der Waals surface area (Å²) >= 11 is 0. The maximum Gasteiger partial charge on any atom is 0.256 e. The smallest absolute Gasteiger partial charge is 0.256 e. The Bertz CT molecular complexity index is 839. The fourth-order valence-electron chi connectivity index (χ4n) is 3.66. The van der Waals surface area contributed by atoms with E-state index in [1.165, 1.54) is 0 Å². The van der Waals surface area contributed by atoms with Crippen molar-refractivity contribution in [2.75, 3.05) is 29.9 Å². The van der Waals surface area contributed by atoms with Crippen molar-refractivity contribution in [1.29, 1.82) is 0 Å². The second-order valence-electron chi connectivity index (χ2n) is 8.23. The molecule has 2 amide bonds. The Balaban J connectivity index is 1.96. The Morgan fingerprint density at radius 3 is 2.60 bits per heavy atom. The number of nitrogens with one attached hydrogen (secondary N) is 1. The van der Waals surface area contributed by atoms with E-state index in [1.807, 2.05) is 49.1 Å². The summed E-state index contributed by atoms with van der Waals surface area (Å²) in [6, 6.07) is 9.51. The second-order valence-corrected chi connectivity index (χ2v) is 8.23. The molecule has 2 heterocycles. The number of likely N-dealkylation sites (tertiary alicyclic amines) is 1. The van der Waals surface area contributed by atoms with Gasteiger partial charge in [-0.25, -0.2) is 0 Å². The van der Waals surface area contributed by atoms with Crippen molar-refractivity contribution in [3.8, 4) is 0 Å². The number of hydrogen-bond donors (Lipinski definition) is 1. The van der Waals surface area contributed by atoms with Crippen molar-refractivity contribution in [3.05, 3.63) is 47.9 Å². The van der Waals surface area contributed by atoms with Gasteiger partial charge in [-0.3, -0.25) is 9.59 Å². The molecule has 1 saturated heterocycles. The Kier molecular flexibility index (Phi) is 7.55. The molecule has 0 aliphatic carbocycles. The molecule has 30 heavy (non-hydrogen) atoms. The highest BCUT2D eigenvalue weighted by molar-refractivity contribution is 6.02. The van der Waals surface area contributed by atoms with Gasteiger partial charge in [-0.1, -0.05) is 27.2 Å². The summed E-state index contributed by atoms with van der Waals surface area (Å²) in [5.41, 5.74) is 2.19. The SMILES string of the molecule is CCCCN(Cc1ccco1)c1ccc(NC(=O)C(C)C)cc1C(=O)N1CCCC1. The number of amides is 2. The van der Waals surface area contributed by atoms with Gasteiger partial charge in [-0.05, 0) is 49.6 Å². The van der Waals surface area contributed by atoms with Crippen LogP contribution in [0.3, 0.4) is 0 Å². The maximum atomic E-state index is 13.4. The number of furan rings is 1. The van der Waals surface area contributed by atoms with Crippen molar-refractivity contribution in [3.63, 3.8) is 0 Å². The summed E-state index contributed by atoms with van der Waals surface area (Å²) < 4.78 is 5.57. The lowest BCUT2D eigenvalue weighted by atomic mass is 10.1. The van der Waals surface area contributed by atoms with E-state index in [-0.39, 0.29) is 17.7 Å². The number of carbonyl (C=O) groups excluding carboxylic acids is 2. The Morgan fingerprint density at radius 1 is 1.20 bits per heavy atom. The van der Waals surface area contributed by atoms with Crippen LogP contribution < -0.4 is 10.2 Å². The van der Waals surface area contributed by atoms with E-state index in [9.17, 15) is 9.59 Å². The zero-order chi connectivity index (χ0) is 21.5. The van der Waals surface area contributed by atoms with Crippen LogP contribution in [0.2, 0.25) is 0 Å². The summed E-state index contributed by atoms with van der Waals surface area (Å²) in [6.07, 6.45) is 5.83. The lowest BCUT2D eigenvalue weighted by molar-refractivity contribution is -0.118. The molecule has 1 aromatic carbocycles. The van der Waals surface area contributed by atoms with Gasteiger partial charge >= 0.3 is 0 Å². The number of benzene rings is 1. The van der Waals surface area contributed by atoms with Gasteiger partial charge in [0.15, 0.2) is 0 Å². The van der Waals surface area contributed by atoms with E-state index in [2.05, 4.69) is 17.1 Å². The Morgan fingerprint density at radius 2 is 1.97 bits per heavy atom. The molecule has 3 rings (SSSR count). The molecule has 1 aliphatic heterocycles. The number of hydrogen-bond acceptors (Lipinski definition) is 4. The number of unbranched alkanes of at least 4 members (excludes halogenated alkanes) is 1. The highest BCUT2D eigenvalue weighted by Gasteiger charge is 2.25. The minimum Gasteiger partial charge on any atom is -0.467 e. The zero-order valence-corrected chi connectivity index (χ0v) is 18.3. The first-order chi connectivity index (χ1) is 14.5. The van der Waals surface area contributed by atoms with Crippen molar-refractivity contribution < 1.29 is 14.0 Å². The van der Waals surface area contributed by atoms with Crippen molar-refractivity contribution in [1.82, 2.24) is 4.90 Å². The van der Waals surface area contributed by atoms with Crippen LogP contribution in [0.5, 0.6) is 0 Å². The van der Waals surface area contributed by atoms with Gasteiger partial charge in [0.05, 0.1) is 24.1 Å². The van der Waals surface area contributed by atoms with Crippen LogP contribution in [-0.2, 0) is 11.3 Å². The Hall–Kier alpha value is -2.76. The minimum atomic E-state index is -0.123. The molecule has 1 aliphatic rings. The van der Waals surface area contributed by atoms with Crippen molar-refractivity contribution >= 4 is 23.2 Å². The highest BCUT2D eigenvalue weighted by atomic mass is 16.3. The largest absolute Gasteiger partial charge is 0.467 e. The molecule has 0 spiro atoms. The standard InChI is InChI=1S/C24H33N3O3/c1-4-5-12-27(17-20-9-8-15-30-20)22-11-10-19(25-23(28)18(2)3)16-21(22)24(29)26-13-6-7-14-26/h8-11,15-16,18H,4-7,12-14,17H2,1-3H3,(H,25,28). The molecule has 0 bridgehead atoms. The summed E-state index contributed by atoms with van der Waals surface area (Å²) in [7, 11) is 0. The van der Waals surface area contributed by atoms with E-state index < -0.39 is 0 Å². The molecule has 6 heteroatoms. The third-order valence-electron chi connectivity index (χ3n) is 5.46. The van der Waals surface area contributed by atoms with Crippen LogP contribution in [0.4, 0.5) is 11.4 Å². The summed E-state index contributed by atoms with van der Waals surface area (Å²) in [5.74, 6) is 0.718. The van der Waals surface area contributed by atoms with Gasteiger partial charge in [0, 0.05) is 31.2 Å². The predicted octanol–water partition coefficient (Wildman–Crippen LogP) is 4.92. The molecule has 2 aromatic rings. The lowest BCUT2D eigenvalue weighted by Crippen LogP contribution is -2.31. The number of carbonyl (C=O) groups is 2. The highest BCUT2D eigenvalue weighted by Crippen LogP contribution is 2.29. The van der Waals surface area contributed by atoms with Crippen LogP contribution in [0, 0.1) is 5.92 Å². The first-order valence-corrected chi connectivity index (χ1v) is 11.0. The Labute approximate surface area is 179 Å². The molecule has 0 unspecified atom stereocenters. The van der Waals surface area contributed by atoms with Crippen molar-refractivity contribution in [2.24, 2.45) is 5.92 Å². The molecule has 0 radical (unpaired) electrons. The van der Waals surface area contributed by atoms with E-state index in [0.717, 1.165) is 56.8 Å². The summed E-state index contributed by atoms with van der Waals surface area (Å²) in [6.45, 7) is 8.87. The number of rotatable bonds is 9. The van der Waals surface area contributed by atoms with Crippen molar-refractivity contribution in [2.45, 2.75) is 53.0 Å². The number of nitrogens with zero attached hydrogens (tertiary/aromatic N) is 2. The second kappa shape index (κ2) is 10.3. The molecule has 0 saturated carbocycles. The van der Waals surface area contributed by atoms with Gasteiger partial charge in [0.2, 0.25) is 5.91 Å². The topological polar surface area (TPSA) is 65.8 Å². The molecule has 0 atom stereocenters. The molecule has 1 aromatic heterocycles. The van der Waals surface area contributed by atoms with E-state index in [0.29, 0.717) is 17.8 Å². The lowest BCUT2D eigenvalue weighted by Gasteiger charge is -2.28. The van der Waals surface area contributed by atoms with Gasteiger partial charge in [-0.15, -0.1) is 0 Å². The van der Waals surface area contributed by atoms with Crippen LogP contribution in [0.15, 0.2) is 41.0 Å². The number of anilines is 2. The van der Waals surface area contributed by atoms with E-state index in [1.54, 1.807) is 6.26 Å². The average Bonchev–Trinajstić information content (AvgIpc) is 3.44. The molecule has 1 fully saturated rings. The quantitative estimate of drug-likeness (QED) is 0.636. The first-order valence-electron chi connectivity index (χ1n) is 11.0. The fraction of sp³-hybridized carbons (Fsp3) is 0.500. The average molecular weight is 412 g/mol. The van der Waals surface area contributed by atoms with Gasteiger partial charge in [0.25, 0.3) is 5.91 Å². The normalized spacial score (nSPS) is 13.7. The van der Waals surface area contributed by atoms with E-state index >= 15 is 0 Å². The first kappa shape index (κ1) is 21.9. The predicted molar refractivity (Wildman–Crippen MR) is 120 cm³/mol. The zero-order valence-electron chi connectivity index (χ0n) is 18.3. The third kappa shape index (κ3) is 5.43. The van der Waals surface area contributed by atoms with Crippen LogP contribution in [0.25, 0.3) is 0 Å². The molecule has 162 valence electrons. The minimum absolute atomic E-state index is 0.0316. The monoisotopic (exact) mass is 411 g/mol. The molecular weight excluding hydrogens is 378 g/mol. The fourth-order valence-corrected chi connectivity index (χ4v) is 3.66. The maximum absolute atomic E-state index is 13.4. The summed E-state index contributed by atoms with van der Waals surface area (Å²) in [5, 5.41) is 2.94. The van der Waals surface area contributed by atoms with Crippen LogP contribution in [0.1, 0.15) is 62.6 Å². The van der Waals surface area contributed by atoms with Gasteiger partial charge < -0.3 is 19.5 Å².